The Morgan fingerprint density at radius 1 is 1.35 bits per heavy atom. The summed E-state index contributed by atoms with van der Waals surface area (Å²) in [7, 11) is 1.65. The first kappa shape index (κ1) is 12.2. The zero-order valence-electron chi connectivity index (χ0n) is 9.89. The van der Waals surface area contributed by atoms with Gasteiger partial charge in [0.15, 0.2) is 0 Å². The SMILES string of the molecule is COC1CCCC1NC(=O)N1CC(C(=O)O)C1. The van der Waals surface area contributed by atoms with Gasteiger partial charge in [-0.25, -0.2) is 4.79 Å². The number of amides is 2. The maximum Gasteiger partial charge on any atom is 0.317 e. The predicted octanol–water partition coefficient (Wildman–Crippen LogP) is 0.280. The molecule has 1 aliphatic heterocycles. The molecule has 6 heteroatoms. The summed E-state index contributed by atoms with van der Waals surface area (Å²) >= 11 is 0. The van der Waals surface area contributed by atoms with E-state index in [0.717, 1.165) is 19.3 Å². The molecule has 2 amide bonds. The van der Waals surface area contributed by atoms with E-state index in [-0.39, 0.29) is 18.2 Å². The number of nitrogens with one attached hydrogen (secondary N) is 1. The lowest BCUT2D eigenvalue weighted by Gasteiger charge is -2.37. The summed E-state index contributed by atoms with van der Waals surface area (Å²) in [5.41, 5.74) is 0. The number of hydrogen-bond donors (Lipinski definition) is 2. The number of likely N-dealkylation sites (tertiary alicyclic amines) is 1. The van der Waals surface area contributed by atoms with Crippen molar-refractivity contribution >= 4 is 12.0 Å². The van der Waals surface area contributed by atoms with Gasteiger partial charge < -0.3 is 20.1 Å². The van der Waals surface area contributed by atoms with E-state index in [1.165, 1.54) is 4.90 Å². The molecule has 2 fully saturated rings. The van der Waals surface area contributed by atoms with Crippen molar-refractivity contribution in [3.63, 3.8) is 0 Å². The molecule has 0 aromatic rings. The van der Waals surface area contributed by atoms with Gasteiger partial charge in [-0.15, -0.1) is 0 Å². The summed E-state index contributed by atoms with van der Waals surface area (Å²) in [6.07, 6.45) is 3.05. The summed E-state index contributed by atoms with van der Waals surface area (Å²) < 4.78 is 5.29. The van der Waals surface area contributed by atoms with Crippen molar-refractivity contribution in [2.24, 2.45) is 5.92 Å². The van der Waals surface area contributed by atoms with E-state index in [2.05, 4.69) is 5.32 Å². The van der Waals surface area contributed by atoms with Gasteiger partial charge in [-0.2, -0.15) is 0 Å². The molecule has 2 rings (SSSR count). The van der Waals surface area contributed by atoms with Crippen LogP contribution in [0.5, 0.6) is 0 Å². The summed E-state index contributed by atoms with van der Waals surface area (Å²) in [4.78, 5) is 23.9. The van der Waals surface area contributed by atoms with Gasteiger partial charge in [-0.3, -0.25) is 4.79 Å². The van der Waals surface area contributed by atoms with Crippen LogP contribution in [0.2, 0.25) is 0 Å². The van der Waals surface area contributed by atoms with Gasteiger partial charge in [0.2, 0.25) is 0 Å². The van der Waals surface area contributed by atoms with Gasteiger partial charge in [0.05, 0.1) is 18.1 Å². The molecule has 6 nitrogen and oxygen atoms in total. The minimum atomic E-state index is -0.829. The lowest BCUT2D eigenvalue weighted by atomic mass is 10.0. The monoisotopic (exact) mass is 242 g/mol. The second kappa shape index (κ2) is 4.91. The fraction of sp³-hybridized carbons (Fsp3) is 0.818. The number of urea groups is 1. The number of carbonyl (C=O) groups excluding carboxylic acids is 1. The highest BCUT2D eigenvalue weighted by atomic mass is 16.5. The standard InChI is InChI=1S/C11H18N2O4/c1-17-9-4-2-3-8(9)12-11(16)13-5-7(6-13)10(14)15/h7-9H,2-6H2,1H3,(H,12,16)(H,14,15). The zero-order valence-corrected chi connectivity index (χ0v) is 9.89. The Morgan fingerprint density at radius 2 is 2.06 bits per heavy atom. The molecule has 0 spiro atoms. The lowest BCUT2D eigenvalue weighted by Crippen LogP contribution is -2.58. The Labute approximate surface area is 99.9 Å². The van der Waals surface area contributed by atoms with E-state index in [1.807, 2.05) is 0 Å². The first-order valence-electron chi connectivity index (χ1n) is 5.93. The quantitative estimate of drug-likeness (QED) is 0.745. The molecule has 2 unspecified atom stereocenters. The molecule has 0 radical (unpaired) electrons. The number of rotatable bonds is 3. The number of nitrogens with zero attached hydrogens (tertiary/aromatic N) is 1. The van der Waals surface area contributed by atoms with Crippen molar-refractivity contribution < 1.29 is 19.4 Å². The molecule has 1 saturated carbocycles. The van der Waals surface area contributed by atoms with Crippen LogP contribution >= 0.6 is 0 Å². The third kappa shape index (κ3) is 2.52. The van der Waals surface area contributed by atoms with Crippen LogP contribution in [0, 0.1) is 5.92 Å². The molecule has 2 N–H and O–H groups in total. The van der Waals surface area contributed by atoms with Crippen LogP contribution in [0.15, 0.2) is 0 Å². The van der Waals surface area contributed by atoms with Crippen LogP contribution in [-0.2, 0) is 9.53 Å². The van der Waals surface area contributed by atoms with E-state index in [4.69, 9.17) is 9.84 Å². The van der Waals surface area contributed by atoms with E-state index in [0.29, 0.717) is 13.1 Å². The fourth-order valence-corrected chi connectivity index (χ4v) is 2.42. The number of methoxy groups -OCH3 is 1. The highest BCUT2D eigenvalue weighted by Crippen LogP contribution is 2.22. The van der Waals surface area contributed by atoms with Gasteiger partial charge in [-0.1, -0.05) is 0 Å². The molecular formula is C11H18N2O4. The minimum absolute atomic E-state index is 0.0661. The molecular weight excluding hydrogens is 224 g/mol. The van der Waals surface area contributed by atoms with Crippen LogP contribution in [0.1, 0.15) is 19.3 Å². The van der Waals surface area contributed by atoms with E-state index >= 15 is 0 Å². The maximum atomic E-state index is 11.8. The summed E-state index contributed by atoms with van der Waals surface area (Å²) in [6, 6.07) is -0.104. The summed E-state index contributed by atoms with van der Waals surface area (Å²) in [5.74, 6) is -1.23. The molecule has 1 saturated heterocycles. The Kier molecular flexibility index (Phi) is 3.51. The van der Waals surface area contributed by atoms with Gasteiger partial charge in [0, 0.05) is 20.2 Å². The second-order valence-corrected chi connectivity index (χ2v) is 4.70. The predicted molar refractivity (Wildman–Crippen MR) is 59.7 cm³/mol. The minimum Gasteiger partial charge on any atom is -0.481 e. The summed E-state index contributed by atoms with van der Waals surface area (Å²) in [5, 5.41) is 11.6. The third-order valence-corrected chi connectivity index (χ3v) is 3.58. The Balaban J connectivity index is 1.77. The van der Waals surface area contributed by atoms with Crippen LogP contribution < -0.4 is 5.32 Å². The maximum absolute atomic E-state index is 11.8. The second-order valence-electron chi connectivity index (χ2n) is 4.70. The molecule has 96 valence electrons. The van der Waals surface area contributed by atoms with Crippen molar-refractivity contribution in [3.8, 4) is 0 Å². The van der Waals surface area contributed by atoms with Crippen LogP contribution in [0.3, 0.4) is 0 Å². The van der Waals surface area contributed by atoms with Crippen molar-refractivity contribution in [3.05, 3.63) is 0 Å². The average Bonchev–Trinajstić information content (AvgIpc) is 2.61. The van der Waals surface area contributed by atoms with Crippen LogP contribution in [-0.4, -0.2) is 54.4 Å². The van der Waals surface area contributed by atoms with Gasteiger partial charge in [0.1, 0.15) is 0 Å². The molecule has 1 aliphatic carbocycles. The van der Waals surface area contributed by atoms with Crippen molar-refractivity contribution in [1.82, 2.24) is 10.2 Å². The Hall–Kier alpha value is -1.30. The molecule has 2 atom stereocenters. The van der Waals surface area contributed by atoms with E-state index < -0.39 is 11.9 Å². The topological polar surface area (TPSA) is 78.9 Å². The Bertz CT molecular complexity index is 315. The normalized spacial score (nSPS) is 28.9. The van der Waals surface area contributed by atoms with Crippen molar-refractivity contribution in [1.29, 1.82) is 0 Å². The number of aliphatic carboxylic acids is 1. The van der Waals surface area contributed by atoms with E-state index in [1.54, 1.807) is 7.11 Å². The Morgan fingerprint density at radius 3 is 2.65 bits per heavy atom. The smallest absolute Gasteiger partial charge is 0.317 e. The highest BCUT2D eigenvalue weighted by molar-refractivity contribution is 5.80. The first-order chi connectivity index (χ1) is 8.11. The van der Waals surface area contributed by atoms with Gasteiger partial charge in [0.25, 0.3) is 0 Å². The molecule has 2 aliphatic rings. The van der Waals surface area contributed by atoms with Gasteiger partial charge in [-0.05, 0) is 19.3 Å². The lowest BCUT2D eigenvalue weighted by molar-refractivity contribution is -0.146. The van der Waals surface area contributed by atoms with Crippen molar-refractivity contribution in [2.45, 2.75) is 31.4 Å². The first-order valence-corrected chi connectivity index (χ1v) is 5.93. The number of ether oxygens (including phenoxy) is 1. The number of carbonyl (C=O) groups is 2. The molecule has 1 heterocycles. The molecule has 0 bridgehead atoms. The average molecular weight is 242 g/mol. The van der Waals surface area contributed by atoms with Crippen LogP contribution in [0.4, 0.5) is 4.79 Å². The zero-order chi connectivity index (χ0) is 12.4. The number of carboxylic acid groups (broad SMARTS) is 1. The third-order valence-electron chi connectivity index (χ3n) is 3.58. The molecule has 0 aromatic heterocycles. The van der Waals surface area contributed by atoms with Gasteiger partial charge >= 0.3 is 12.0 Å². The molecule has 17 heavy (non-hydrogen) atoms. The number of hydrogen-bond acceptors (Lipinski definition) is 3. The number of carboxylic acids is 1. The molecule has 0 aromatic carbocycles. The van der Waals surface area contributed by atoms with Crippen molar-refractivity contribution in [2.75, 3.05) is 20.2 Å². The van der Waals surface area contributed by atoms with Crippen LogP contribution in [0.25, 0.3) is 0 Å². The summed E-state index contributed by atoms with van der Waals surface area (Å²) in [6.45, 7) is 0.622. The largest absolute Gasteiger partial charge is 0.481 e. The fourth-order valence-electron chi connectivity index (χ4n) is 2.42. The highest BCUT2D eigenvalue weighted by Gasteiger charge is 2.37. The van der Waals surface area contributed by atoms with E-state index in [9.17, 15) is 9.59 Å².